The topological polar surface area (TPSA) is 69.4 Å². The maximum atomic E-state index is 11.4. The molecule has 92 valence electrons. The van der Waals surface area contributed by atoms with Gasteiger partial charge in [-0.25, -0.2) is 4.79 Å². The summed E-state index contributed by atoms with van der Waals surface area (Å²) in [6, 6.07) is 4.49. The van der Waals surface area contributed by atoms with Crippen LogP contribution in [0.5, 0.6) is 0 Å². The SMILES string of the molecule is COC(=O)c1ccc([N+](C)(C)C)cc1[N+](=O)[O-]. The molecule has 1 aromatic rings. The first-order chi connectivity index (χ1) is 7.77. The Morgan fingerprint density at radius 3 is 2.35 bits per heavy atom. The molecule has 0 spiro atoms. The summed E-state index contributed by atoms with van der Waals surface area (Å²) in [4.78, 5) is 21.7. The number of quaternary nitrogens is 1. The van der Waals surface area contributed by atoms with E-state index in [1.165, 1.54) is 19.2 Å². The van der Waals surface area contributed by atoms with Crippen LogP contribution < -0.4 is 4.48 Å². The summed E-state index contributed by atoms with van der Waals surface area (Å²) in [5.74, 6) is -0.704. The molecule has 0 amide bonds. The van der Waals surface area contributed by atoms with Gasteiger partial charge in [0.2, 0.25) is 0 Å². The van der Waals surface area contributed by atoms with Crippen LogP contribution >= 0.6 is 0 Å². The Balaban J connectivity index is 3.37. The summed E-state index contributed by atoms with van der Waals surface area (Å²) in [7, 11) is 6.85. The Morgan fingerprint density at radius 2 is 1.94 bits per heavy atom. The van der Waals surface area contributed by atoms with Gasteiger partial charge in [0.15, 0.2) is 0 Å². The van der Waals surface area contributed by atoms with E-state index in [1.54, 1.807) is 6.07 Å². The smallest absolute Gasteiger partial charge is 0.344 e. The number of nitrogens with zero attached hydrogens (tertiary/aromatic N) is 2. The van der Waals surface area contributed by atoms with Gasteiger partial charge in [0.05, 0.1) is 39.2 Å². The zero-order chi connectivity index (χ0) is 13.2. The lowest BCUT2D eigenvalue weighted by Gasteiger charge is -2.23. The van der Waals surface area contributed by atoms with Crippen LogP contribution in [0.25, 0.3) is 0 Å². The molecular weight excluding hydrogens is 224 g/mol. The third-order valence-corrected chi connectivity index (χ3v) is 2.36. The molecule has 0 aliphatic carbocycles. The number of carbonyl (C=O) groups excluding carboxylic acids is 1. The molecule has 0 heterocycles. The predicted molar refractivity (Wildman–Crippen MR) is 64.0 cm³/mol. The van der Waals surface area contributed by atoms with E-state index < -0.39 is 10.9 Å². The molecule has 6 nitrogen and oxygen atoms in total. The molecule has 0 radical (unpaired) electrons. The molecule has 0 unspecified atom stereocenters. The van der Waals surface area contributed by atoms with Crippen molar-refractivity contribution >= 4 is 17.3 Å². The summed E-state index contributed by atoms with van der Waals surface area (Å²) in [5.41, 5.74) is 0.474. The van der Waals surface area contributed by atoms with Crippen molar-refractivity contribution in [1.82, 2.24) is 4.48 Å². The average Bonchev–Trinajstić information content (AvgIpc) is 2.25. The number of methoxy groups -OCH3 is 1. The van der Waals surface area contributed by atoms with Gasteiger partial charge in [0, 0.05) is 6.07 Å². The van der Waals surface area contributed by atoms with Gasteiger partial charge in [-0.15, -0.1) is 0 Å². The Kier molecular flexibility index (Phi) is 3.47. The van der Waals surface area contributed by atoms with Gasteiger partial charge in [-0.2, -0.15) is 0 Å². The first kappa shape index (κ1) is 13.1. The molecular formula is C11H15N2O4+. The van der Waals surface area contributed by atoms with E-state index in [0.29, 0.717) is 4.48 Å². The predicted octanol–water partition coefficient (Wildman–Crippen LogP) is 1.58. The van der Waals surface area contributed by atoms with Gasteiger partial charge in [-0.05, 0) is 6.07 Å². The fraction of sp³-hybridized carbons (Fsp3) is 0.364. The minimum Gasteiger partial charge on any atom is -0.465 e. The van der Waals surface area contributed by atoms with Gasteiger partial charge >= 0.3 is 5.97 Å². The fourth-order valence-electron chi connectivity index (χ4n) is 1.37. The van der Waals surface area contributed by atoms with Gasteiger partial charge in [0.25, 0.3) is 5.69 Å². The molecule has 0 N–H and O–H groups in total. The number of esters is 1. The van der Waals surface area contributed by atoms with Crippen molar-refractivity contribution in [2.24, 2.45) is 0 Å². The molecule has 0 saturated heterocycles. The lowest BCUT2D eigenvalue weighted by Crippen LogP contribution is -2.34. The molecule has 0 saturated carbocycles. The van der Waals surface area contributed by atoms with Crippen molar-refractivity contribution in [3.8, 4) is 0 Å². The zero-order valence-corrected chi connectivity index (χ0v) is 10.3. The van der Waals surface area contributed by atoms with E-state index in [2.05, 4.69) is 4.74 Å². The maximum absolute atomic E-state index is 11.4. The number of rotatable bonds is 3. The molecule has 0 bridgehead atoms. The van der Waals surface area contributed by atoms with Crippen LogP contribution in [0.3, 0.4) is 0 Å². The van der Waals surface area contributed by atoms with Crippen molar-refractivity contribution in [2.75, 3.05) is 28.3 Å². The van der Waals surface area contributed by atoms with Crippen LogP contribution in [-0.4, -0.2) is 39.1 Å². The largest absolute Gasteiger partial charge is 0.465 e. The Labute approximate surface area is 99.2 Å². The Bertz CT molecular complexity index is 463. The van der Waals surface area contributed by atoms with Gasteiger partial charge in [-0.3, -0.25) is 14.6 Å². The Morgan fingerprint density at radius 1 is 1.35 bits per heavy atom. The van der Waals surface area contributed by atoms with Crippen LogP contribution in [-0.2, 0) is 4.74 Å². The monoisotopic (exact) mass is 239 g/mol. The van der Waals surface area contributed by atoms with Gasteiger partial charge < -0.3 is 4.74 Å². The zero-order valence-electron chi connectivity index (χ0n) is 10.3. The highest BCUT2D eigenvalue weighted by molar-refractivity contribution is 5.94. The van der Waals surface area contributed by atoms with E-state index in [-0.39, 0.29) is 11.3 Å². The van der Waals surface area contributed by atoms with Crippen molar-refractivity contribution in [3.05, 3.63) is 33.9 Å². The number of nitro benzene ring substituents is 1. The van der Waals surface area contributed by atoms with E-state index in [0.717, 1.165) is 5.69 Å². The highest BCUT2D eigenvalue weighted by atomic mass is 16.6. The number of ether oxygens (including phenoxy) is 1. The first-order valence-electron chi connectivity index (χ1n) is 4.96. The summed E-state index contributed by atoms with van der Waals surface area (Å²) >= 11 is 0. The highest BCUT2D eigenvalue weighted by Crippen LogP contribution is 2.27. The summed E-state index contributed by atoms with van der Waals surface area (Å²) < 4.78 is 4.94. The van der Waals surface area contributed by atoms with Crippen LogP contribution in [0.2, 0.25) is 0 Å². The van der Waals surface area contributed by atoms with Crippen molar-refractivity contribution in [3.63, 3.8) is 0 Å². The molecule has 1 rings (SSSR count). The second-order valence-electron chi connectivity index (χ2n) is 4.46. The first-order valence-corrected chi connectivity index (χ1v) is 4.96. The van der Waals surface area contributed by atoms with E-state index >= 15 is 0 Å². The molecule has 6 heteroatoms. The maximum Gasteiger partial charge on any atom is 0.344 e. The Hall–Kier alpha value is -1.95. The van der Waals surface area contributed by atoms with Gasteiger partial charge in [-0.1, -0.05) is 0 Å². The number of carbonyl (C=O) groups is 1. The van der Waals surface area contributed by atoms with Crippen LogP contribution in [0.15, 0.2) is 18.2 Å². The molecule has 17 heavy (non-hydrogen) atoms. The second-order valence-corrected chi connectivity index (χ2v) is 4.46. The van der Waals surface area contributed by atoms with Crippen molar-refractivity contribution < 1.29 is 14.5 Å². The van der Waals surface area contributed by atoms with E-state index in [1.807, 2.05) is 21.1 Å². The highest BCUT2D eigenvalue weighted by Gasteiger charge is 2.25. The minimum atomic E-state index is -0.704. The second kappa shape index (κ2) is 4.50. The number of benzene rings is 1. The fourth-order valence-corrected chi connectivity index (χ4v) is 1.37. The third kappa shape index (κ3) is 2.79. The minimum absolute atomic E-state index is 0.0327. The number of nitro groups is 1. The normalized spacial score (nSPS) is 11.1. The molecule has 0 fully saturated rings. The molecule has 0 aliphatic heterocycles. The van der Waals surface area contributed by atoms with Gasteiger partial charge in [0.1, 0.15) is 11.3 Å². The summed E-state index contributed by atoms with van der Waals surface area (Å²) in [6.45, 7) is 0. The lowest BCUT2D eigenvalue weighted by atomic mass is 10.1. The summed E-state index contributed by atoms with van der Waals surface area (Å²) in [5, 5.41) is 10.9. The molecule has 0 atom stereocenters. The quantitative estimate of drug-likeness (QED) is 0.347. The average molecular weight is 239 g/mol. The lowest BCUT2D eigenvalue weighted by molar-refractivity contribution is -0.385. The standard InChI is InChI=1S/C11H15N2O4/c1-13(2,3)8-5-6-9(11(14)17-4)10(7-8)12(15)16/h5-7H,1-4H3/q+1. The van der Waals surface area contributed by atoms with E-state index in [9.17, 15) is 14.9 Å². The number of hydrogen-bond donors (Lipinski definition) is 0. The van der Waals surface area contributed by atoms with Crippen LogP contribution in [0.1, 0.15) is 10.4 Å². The molecule has 1 aromatic carbocycles. The third-order valence-electron chi connectivity index (χ3n) is 2.36. The number of hydrogen-bond acceptors (Lipinski definition) is 4. The van der Waals surface area contributed by atoms with Crippen LogP contribution in [0, 0.1) is 10.1 Å². The summed E-state index contributed by atoms with van der Waals surface area (Å²) in [6.07, 6.45) is 0. The van der Waals surface area contributed by atoms with Crippen LogP contribution in [0.4, 0.5) is 11.4 Å². The van der Waals surface area contributed by atoms with Crippen molar-refractivity contribution in [2.45, 2.75) is 0 Å². The van der Waals surface area contributed by atoms with E-state index in [4.69, 9.17) is 0 Å². The van der Waals surface area contributed by atoms with Crippen molar-refractivity contribution in [1.29, 1.82) is 0 Å². The molecule has 0 aliphatic rings. The molecule has 0 aromatic heterocycles.